The number of ether oxygens (including phenoxy) is 1. The Kier molecular flexibility index (Phi) is 2.15. The lowest BCUT2D eigenvalue weighted by molar-refractivity contribution is 0.0590. The van der Waals surface area contributed by atoms with Crippen molar-refractivity contribution in [3.05, 3.63) is 28.4 Å². The Hall–Kier alpha value is -2.31. The smallest absolute Gasteiger partial charge is 0.360 e. The van der Waals surface area contributed by atoms with E-state index in [1.807, 2.05) is 0 Å². The van der Waals surface area contributed by atoms with E-state index >= 15 is 0 Å². The van der Waals surface area contributed by atoms with Gasteiger partial charge < -0.3 is 14.4 Å². The molecule has 7 nitrogen and oxygen atoms in total. The van der Waals surface area contributed by atoms with Gasteiger partial charge in [0, 0.05) is 19.4 Å². The Labute approximate surface area is 89.5 Å². The van der Waals surface area contributed by atoms with E-state index in [1.54, 1.807) is 17.8 Å². The molecule has 0 aliphatic heterocycles. The summed E-state index contributed by atoms with van der Waals surface area (Å²) in [5.74, 6) is -1.31. The van der Waals surface area contributed by atoms with Crippen LogP contribution in [0.25, 0.3) is 5.78 Å². The van der Waals surface area contributed by atoms with Gasteiger partial charge in [0.2, 0.25) is 11.5 Å². The molecule has 0 aliphatic carbocycles. The first-order chi connectivity index (χ1) is 7.56. The number of nitrogens with zero attached hydrogens (tertiary/aromatic N) is 3. The van der Waals surface area contributed by atoms with Crippen LogP contribution in [-0.2, 0) is 11.8 Å². The molecule has 7 heteroatoms. The quantitative estimate of drug-likeness (QED) is 0.660. The fourth-order valence-corrected chi connectivity index (χ4v) is 1.37. The molecule has 0 saturated heterocycles. The fraction of sp³-hybridized carbons (Fsp3) is 0.222. The lowest BCUT2D eigenvalue weighted by Crippen LogP contribution is -2.19. The number of aromatic hydroxyl groups is 1. The number of carbonyl (C=O) groups excluding carboxylic acids is 1. The van der Waals surface area contributed by atoms with Crippen molar-refractivity contribution >= 4 is 11.7 Å². The minimum atomic E-state index is -0.849. The zero-order chi connectivity index (χ0) is 11.9. The summed E-state index contributed by atoms with van der Waals surface area (Å²) in [6.45, 7) is 0. The van der Waals surface area contributed by atoms with Crippen LogP contribution in [0.15, 0.2) is 17.2 Å². The Bertz CT molecular complexity index is 625. The van der Waals surface area contributed by atoms with Gasteiger partial charge in [-0.2, -0.15) is 0 Å². The molecule has 0 radical (unpaired) electrons. The fourth-order valence-electron chi connectivity index (χ4n) is 1.37. The second-order valence-electron chi connectivity index (χ2n) is 3.18. The van der Waals surface area contributed by atoms with Crippen molar-refractivity contribution in [3.63, 3.8) is 0 Å². The molecule has 16 heavy (non-hydrogen) atoms. The first kappa shape index (κ1) is 10.2. The molecular formula is C9H9N3O4. The maximum atomic E-state index is 11.6. The van der Waals surface area contributed by atoms with Gasteiger partial charge in [0.25, 0.3) is 0 Å². The van der Waals surface area contributed by atoms with E-state index in [4.69, 9.17) is 0 Å². The summed E-state index contributed by atoms with van der Waals surface area (Å²) in [6.07, 6.45) is 3.04. The number of carbonyl (C=O) groups is 1. The minimum Gasteiger partial charge on any atom is -0.501 e. The summed E-state index contributed by atoms with van der Waals surface area (Å²) < 4.78 is 7.11. The maximum Gasteiger partial charge on any atom is 0.360 e. The van der Waals surface area contributed by atoms with Crippen molar-refractivity contribution in [2.24, 2.45) is 7.05 Å². The van der Waals surface area contributed by atoms with Crippen LogP contribution in [-0.4, -0.2) is 32.1 Å². The highest BCUT2D eigenvalue weighted by Crippen LogP contribution is 2.11. The van der Waals surface area contributed by atoms with Crippen LogP contribution in [0.4, 0.5) is 0 Å². The topological polar surface area (TPSA) is 85.8 Å². The van der Waals surface area contributed by atoms with Crippen LogP contribution in [0.3, 0.4) is 0 Å². The number of imidazole rings is 1. The Balaban J connectivity index is 2.87. The largest absolute Gasteiger partial charge is 0.501 e. The molecule has 2 rings (SSSR count). The van der Waals surface area contributed by atoms with Crippen molar-refractivity contribution < 1.29 is 14.6 Å². The van der Waals surface area contributed by atoms with Crippen LogP contribution in [0.1, 0.15) is 10.5 Å². The maximum absolute atomic E-state index is 11.6. The Morgan fingerprint density at radius 3 is 2.81 bits per heavy atom. The third-order valence-electron chi connectivity index (χ3n) is 2.21. The molecule has 2 aromatic rings. The number of hydrogen-bond acceptors (Lipinski definition) is 5. The minimum absolute atomic E-state index is 0.253. The van der Waals surface area contributed by atoms with Crippen molar-refractivity contribution in [1.29, 1.82) is 0 Å². The van der Waals surface area contributed by atoms with Gasteiger partial charge in [0.05, 0.1) is 7.11 Å². The zero-order valence-corrected chi connectivity index (χ0v) is 8.67. The summed E-state index contributed by atoms with van der Waals surface area (Å²) in [4.78, 5) is 26.8. The molecule has 2 heterocycles. The molecule has 0 fully saturated rings. The molecule has 0 spiro atoms. The van der Waals surface area contributed by atoms with Gasteiger partial charge in [0.1, 0.15) is 0 Å². The van der Waals surface area contributed by atoms with E-state index in [9.17, 15) is 14.7 Å². The van der Waals surface area contributed by atoms with Gasteiger partial charge in [-0.15, -0.1) is 0 Å². The Morgan fingerprint density at radius 1 is 1.50 bits per heavy atom. The molecule has 0 amide bonds. The molecule has 84 valence electrons. The van der Waals surface area contributed by atoms with Crippen LogP contribution in [0.2, 0.25) is 0 Å². The number of esters is 1. The van der Waals surface area contributed by atoms with E-state index in [-0.39, 0.29) is 11.5 Å². The number of methoxy groups -OCH3 is 1. The highest BCUT2D eigenvalue weighted by Gasteiger charge is 2.19. The molecule has 0 aliphatic rings. The van der Waals surface area contributed by atoms with Gasteiger partial charge in [0.15, 0.2) is 5.69 Å². The van der Waals surface area contributed by atoms with Gasteiger partial charge in [-0.25, -0.2) is 14.2 Å². The van der Waals surface area contributed by atoms with Crippen LogP contribution >= 0.6 is 0 Å². The summed E-state index contributed by atoms with van der Waals surface area (Å²) >= 11 is 0. The van der Waals surface area contributed by atoms with Crippen molar-refractivity contribution in [2.45, 2.75) is 0 Å². The molecule has 0 unspecified atom stereocenters. The Morgan fingerprint density at radius 2 is 2.19 bits per heavy atom. The van der Waals surface area contributed by atoms with E-state index in [2.05, 4.69) is 9.72 Å². The summed E-state index contributed by atoms with van der Waals surface area (Å²) in [5, 5.41) is 9.50. The van der Waals surface area contributed by atoms with Crippen molar-refractivity contribution in [1.82, 2.24) is 14.0 Å². The summed E-state index contributed by atoms with van der Waals surface area (Å²) in [5.41, 5.74) is -1.08. The van der Waals surface area contributed by atoms with E-state index in [1.165, 1.54) is 6.20 Å². The molecule has 0 atom stereocenters. The standard InChI is InChI=1S/C9H9N3O4/c1-11-3-4-12-7(14)6(13)5(8(15)16-2)10-9(11)12/h3-4,13H,1-2H3. The highest BCUT2D eigenvalue weighted by atomic mass is 16.5. The second-order valence-corrected chi connectivity index (χ2v) is 3.18. The van der Waals surface area contributed by atoms with Gasteiger partial charge in [-0.1, -0.05) is 0 Å². The van der Waals surface area contributed by atoms with Gasteiger partial charge >= 0.3 is 11.5 Å². The molecule has 0 aromatic carbocycles. The predicted molar refractivity (Wildman–Crippen MR) is 53.4 cm³/mol. The summed E-state index contributed by atoms with van der Waals surface area (Å²) in [7, 11) is 2.82. The molecule has 1 N–H and O–H groups in total. The number of aromatic nitrogens is 3. The number of aryl methyl sites for hydroxylation is 1. The van der Waals surface area contributed by atoms with Crippen molar-refractivity contribution in [2.75, 3.05) is 7.11 Å². The van der Waals surface area contributed by atoms with Crippen LogP contribution < -0.4 is 5.56 Å². The number of rotatable bonds is 1. The monoisotopic (exact) mass is 223 g/mol. The highest BCUT2D eigenvalue weighted by molar-refractivity contribution is 5.90. The second kappa shape index (κ2) is 3.37. The van der Waals surface area contributed by atoms with Gasteiger partial charge in [-0.05, 0) is 0 Å². The molecule has 0 saturated carbocycles. The first-order valence-electron chi connectivity index (χ1n) is 4.41. The number of fused-ring (bicyclic) bond motifs is 1. The van der Waals surface area contributed by atoms with Crippen LogP contribution in [0, 0.1) is 0 Å². The summed E-state index contributed by atoms with van der Waals surface area (Å²) in [6, 6.07) is 0. The SMILES string of the molecule is COC(=O)c1nc2n(C)ccn2c(=O)c1O. The molecule has 2 aromatic heterocycles. The number of hydrogen-bond donors (Lipinski definition) is 1. The molecule has 0 bridgehead atoms. The lowest BCUT2D eigenvalue weighted by atomic mass is 10.4. The normalized spacial score (nSPS) is 10.6. The van der Waals surface area contributed by atoms with Crippen LogP contribution in [0.5, 0.6) is 5.75 Å². The van der Waals surface area contributed by atoms with Crippen molar-refractivity contribution in [3.8, 4) is 5.75 Å². The first-order valence-corrected chi connectivity index (χ1v) is 4.41. The average Bonchev–Trinajstić information content (AvgIpc) is 2.64. The lowest BCUT2D eigenvalue weighted by Gasteiger charge is -2.02. The van der Waals surface area contributed by atoms with E-state index in [0.717, 1.165) is 11.5 Å². The zero-order valence-electron chi connectivity index (χ0n) is 8.67. The van der Waals surface area contributed by atoms with E-state index in [0.29, 0.717) is 0 Å². The molecular weight excluding hydrogens is 214 g/mol. The van der Waals surface area contributed by atoms with Gasteiger partial charge in [-0.3, -0.25) is 4.79 Å². The third kappa shape index (κ3) is 1.25. The average molecular weight is 223 g/mol. The van der Waals surface area contributed by atoms with E-state index < -0.39 is 17.3 Å². The third-order valence-corrected chi connectivity index (χ3v) is 2.21. The predicted octanol–water partition coefficient (Wildman–Crippen LogP) is -0.475.